The highest BCUT2D eigenvalue weighted by atomic mass is 14.9. The van der Waals surface area contributed by atoms with Crippen LogP contribution in [0.25, 0.3) is 0 Å². The molecule has 1 unspecified atom stereocenters. The molecule has 2 N–H and O–H groups in total. The number of hydrogen-bond acceptors (Lipinski definition) is 3. The Bertz CT molecular complexity index is 370. The van der Waals surface area contributed by atoms with Crippen LogP contribution in [0.2, 0.25) is 0 Å². The minimum absolute atomic E-state index is 0.221. The highest BCUT2D eigenvalue weighted by Crippen LogP contribution is 2.33. The zero-order valence-corrected chi connectivity index (χ0v) is 11.6. The van der Waals surface area contributed by atoms with Crippen LogP contribution in [0.3, 0.4) is 0 Å². The summed E-state index contributed by atoms with van der Waals surface area (Å²) in [4.78, 5) is 9.19. The molecule has 0 aromatic carbocycles. The quantitative estimate of drug-likeness (QED) is 0.889. The van der Waals surface area contributed by atoms with Gasteiger partial charge in [0, 0.05) is 30.3 Å². The maximum atomic E-state index is 5.99. The first-order valence-electron chi connectivity index (χ1n) is 7.26. The fourth-order valence-corrected chi connectivity index (χ4v) is 2.65. The van der Waals surface area contributed by atoms with Crippen molar-refractivity contribution in [2.75, 3.05) is 0 Å². The van der Waals surface area contributed by atoms with E-state index in [0.717, 1.165) is 30.3 Å². The Labute approximate surface area is 110 Å². The summed E-state index contributed by atoms with van der Waals surface area (Å²) >= 11 is 0. The molecule has 1 fully saturated rings. The summed E-state index contributed by atoms with van der Waals surface area (Å²) in [7, 11) is 0. The summed E-state index contributed by atoms with van der Waals surface area (Å²) in [5, 5.41) is 0. The molecule has 1 aromatic heterocycles. The van der Waals surface area contributed by atoms with E-state index in [4.69, 9.17) is 10.7 Å². The van der Waals surface area contributed by atoms with E-state index in [-0.39, 0.29) is 6.04 Å². The minimum atomic E-state index is 0.221. The standard InChI is InChI=1S/C15H25N3/c1-3-13(16)10-14-8-9-17-15(18-14)12-6-4-11(2)5-7-12/h8-9,11-13H,3-7,10,16H2,1-2H3. The van der Waals surface area contributed by atoms with Crippen LogP contribution in [0.1, 0.15) is 63.4 Å². The van der Waals surface area contributed by atoms with Crippen LogP contribution in [-0.2, 0) is 6.42 Å². The van der Waals surface area contributed by atoms with Crippen LogP contribution >= 0.6 is 0 Å². The Morgan fingerprint density at radius 1 is 1.33 bits per heavy atom. The number of nitrogens with zero attached hydrogens (tertiary/aromatic N) is 2. The predicted molar refractivity (Wildman–Crippen MR) is 74.4 cm³/mol. The van der Waals surface area contributed by atoms with Crippen molar-refractivity contribution in [2.45, 2.75) is 64.3 Å². The Balaban J connectivity index is 2.02. The van der Waals surface area contributed by atoms with Crippen LogP contribution in [0, 0.1) is 5.92 Å². The zero-order chi connectivity index (χ0) is 13.0. The average molecular weight is 247 g/mol. The molecule has 1 saturated carbocycles. The predicted octanol–water partition coefficient (Wildman–Crippen LogP) is 3.05. The maximum absolute atomic E-state index is 5.99. The van der Waals surface area contributed by atoms with E-state index in [0.29, 0.717) is 5.92 Å². The topological polar surface area (TPSA) is 51.8 Å². The van der Waals surface area contributed by atoms with Gasteiger partial charge in [-0.05, 0) is 31.2 Å². The van der Waals surface area contributed by atoms with Gasteiger partial charge in [0.15, 0.2) is 0 Å². The second-order valence-electron chi connectivity index (χ2n) is 5.74. The number of rotatable bonds is 4. The van der Waals surface area contributed by atoms with Crippen LogP contribution in [0.15, 0.2) is 12.3 Å². The summed E-state index contributed by atoms with van der Waals surface area (Å²) < 4.78 is 0. The lowest BCUT2D eigenvalue weighted by molar-refractivity contribution is 0.339. The van der Waals surface area contributed by atoms with Crippen LogP contribution in [0.5, 0.6) is 0 Å². The smallest absolute Gasteiger partial charge is 0.131 e. The Morgan fingerprint density at radius 3 is 2.72 bits per heavy atom. The van der Waals surface area contributed by atoms with Gasteiger partial charge in [-0.2, -0.15) is 0 Å². The van der Waals surface area contributed by atoms with Crippen molar-refractivity contribution >= 4 is 0 Å². The van der Waals surface area contributed by atoms with Gasteiger partial charge in [0.25, 0.3) is 0 Å². The van der Waals surface area contributed by atoms with Crippen molar-refractivity contribution in [3.8, 4) is 0 Å². The van der Waals surface area contributed by atoms with Crippen molar-refractivity contribution in [1.29, 1.82) is 0 Å². The van der Waals surface area contributed by atoms with Crippen molar-refractivity contribution in [3.63, 3.8) is 0 Å². The lowest BCUT2D eigenvalue weighted by Crippen LogP contribution is -2.22. The molecular formula is C15H25N3. The van der Waals surface area contributed by atoms with E-state index in [1.807, 2.05) is 12.3 Å². The van der Waals surface area contributed by atoms with Gasteiger partial charge in [-0.1, -0.05) is 26.7 Å². The first-order valence-corrected chi connectivity index (χ1v) is 7.26. The number of aromatic nitrogens is 2. The third-order valence-electron chi connectivity index (χ3n) is 4.11. The molecule has 0 amide bonds. The second-order valence-corrected chi connectivity index (χ2v) is 5.74. The summed E-state index contributed by atoms with van der Waals surface area (Å²) in [6, 6.07) is 2.23. The summed E-state index contributed by atoms with van der Waals surface area (Å²) in [5.41, 5.74) is 7.10. The molecule has 1 atom stereocenters. The monoisotopic (exact) mass is 247 g/mol. The molecule has 1 heterocycles. The Hall–Kier alpha value is -0.960. The van der Waals surface area contributed by atoms with E-state index in [2.05, 4.69) is 18.8 Å². The molecule has 0 saturated heterocycles. The number of hydrogen-bond donors (Lipinski definition) is 1. The molecule has 3 nitrogen and oxygen atoms in total. The molecule has 18 heavy (non-hydrogen) atoms. The summed E-state index contributed by atoms with van der Waals surface area (Å²) in [6.07, 6.45) is 8.88. The largest absolute Gasteiger partial charge is 0.327 e. The molecule has 0 spiro atoms. The highest BCUT2D eigenvalue weighted by Gasteiger charge is 2.22. The Kier molecular flexibility index (Phi) is 4.70. The van der Waals surface area contributed by atoms with Gasteiger partial charge in [0.2, 0.25) is 0 Å². The number of nitrogens with two attached hydrogens (primary N) is 1. The maximum Gasteiger partial charge on any atom is 0.131 e. The third kappa shape index (κ3) is 3.52. The second kappa shape index (κ2) is 6.28. The molecule has 2 rings (SSSR count). The van der Waals surface area contributed by atoms with Gasteiger partial charge in [0.05, 0.1) is 0 Å². The Morgan fingerprint density at radius 2 is 2.06 bits per heavy atom. The molecule has 0 bridgehead atoms. The van der Waals surface area contributed by atoms with Crippen LogP contribution < -0.4 is 5.73 Å². The van der Waals surface area contributed by atoms with Gasteiger partial charge in [0.1, 0.15) is 5.82 Å². The SMILES string of the molecule is CCC(N)Cc1ccnc(C2CCC(C)CC2)n1. The van der Waals surface area contributed by atoms with Gasteiger partial charge < -0.3 is 5.73 Å². The zero-order valence-electron chi connectivity index (χ0n) is 11.6. The highest BCUT2D eigenvalue weighted by molar-refractivity contribution is 5.07. The van der Waals surface area contributed by atoms with Gasteiger partial charge in [-0.15, -0.1) is 0 Å². The van der Waals surface area contributed by atoms with Crippen molar-refractivity contribution in [3.05, 3.63) is 23.8 Å². The molecule has 3 heteroatoms. The van der Waals surface area contributed by atoms with E-state index < -0.39 is 0 Å². The average Bonchev–Trinajstić information content (AvgIpc) is 2.40. The summed E-state index contributed by atoms with van der Waals surface area (Å²) in [6.45, 7) is 4.46. The molecule has 1 aliphatic rings. The van der Waals surface area contributed by atoms with Crippen LogP contribution in [0.4, 0.5) is 0 Å². The molecule has 0 radical (unpaired) electrons. The van der Waals surface area contributed by atoms with Crippen molar-refractivity contribution < 1.29 is 0 Å². The van der Waals surface area contributed by atoms with E-state index >= 15 is 0 Å². The van der Waals surface area contributed by atoms with Gasteiger partial charge >= 0.3 is 0 Å². The minimum Gasteiger partial charge on any atom is -0.327 e. The lowest BCUT2D eigenvalue weighted by atomic mass is 9.82. The molecule has 1 aliphatic carbocycles. The normalized spacial score (nSPS) is 25.9. The van der Waals surface area contributed by atoms with Gasteiger partial charge in [-0.3, -0.25) is 0 Å². The van der Waals surface area contributed by atoms with Crippen molar-refractivity contribution in [2.24, 2.45) is 11.7 Å². The van der Waals surface area contributed by atoms with Crippen molar-refractivity contribution in [1.82, 2.24) is 9.97 Å². The summed E-state index contributed by atoms with van der Waals surface area (Å²) in [5.74, 6) is 2.49. The molecular weight excluding hydrogens is 222 g/mol. The first kappa shape index (κ1) is 13.5. The molecule has 1 aromatic rings. The van der Waals surface area contributed by atoms with E-state index in [9.17, 15) is 0 Å². The lowest BCUT2D eigenvalue weighted by Gasteiger charge is -2.25. The van der Waals surface area contributed by atoms with E-state index in [1.165, 1.54) is 25.7 Å². The first-order chi connectivity index (χ1) is 8.69. The van der Waals surface area contributed by atoms with Gasteiger partial charge in [-0.25, -0.2) is 9.97 Å². The van der Waals surface area contributed by atoms with E-state index in [1.54, 1.807) is 0 Å². The molecule has 0 aliphatic heterocycles. The third-order valence-corrected chi connectivity index (χ3v) is 4.11. The fourth-order valence-electron chi connectivity index (χ4n) is 2.65. The molecule has 100 valence electrons. The van der Waals surface area contributed by atoms with Crippen LogP contribution in [-0.4, -0.2) is 16.0 Å². The fraction of sp³-hybridized carbons (Fsp3) is 0.733.